The summed E-state index contributed by atoms with van der Waals surface area (Å²) in [6.45, 7) is 2.08. The van der Waals surface area contributed by atoms with Gasteiger partial charge in [-0.25, -0.2) is 0 Å². The number of nitrogens with one attached hydrogen (secondary N) is 2. The Morgan fingerprint density at radius 2 is 2.04 bits per heavy atom. The largest absolute Gasteiger partial charge is 0.336 e. The van der Waals surface area contributed by atoms with Crippen LogP contribution in [0.3, 0.4) is 0 Å². The van der Waals surface area contributed by atoms with E-state index in [-0.39, 0.29) is 29.7 Å². The van der Waals surface area contributed by atoms with E-state index in [9.17, 15) is 9.59 Å². The molecule has 1 aromatic carbocycles. The molecule has 1 saturated heterocycles. The van der Waals surface area contributed by atoms with E-state index in [4.69, 9.17) is 0 Å². The van der Waals surface area contributed by atoms with Crippen LogP contribution in [-0.2, 0) is 9.59 Å². The van der Waals surface area contributed by atoms with Gasteiger partial charge in [-0.3, -0.25) is 9.59 Å². The highest BCUT2D eigenvalue weighted by Crippen LogP contribution is 2.59. The third kappa shape index (κ3) is 3.58. The zero-order chi connectivity index (χ0) is 16.4. The molecule has 124 valence electrons. The summed E-state index contributed by atoms with van der Waals surface area (Å²) in [5.41, 5.74) is 0.926. The zero-order valence-corrected chi connectivity index (χ0v) is 14.9. The van der Waals surface area contributed by atoms with Crippen molar-refractivity contribution < 1.29 is 9.59 Å². The first-order chi connectivity index (χ1) is 11.0. The van der Waals surface area contributed by atoms with Crippen molar-refractivity contribution in [3.8, 4) is 0 Å². The number of nitrogens with zero attached hydrogens (tertiary/aromatic N) is 1. The van der Waals surface area contributed by atoms with Crippen molar-refractivity contribution in [3.63, 3.8) is 0 Å². The van der Waals surface area contributed by atoms with E-state index in [0.717, 1.165) is 42.5 Å². The molecule has 3 rings (SSSR count). The van der Waals surface area contributed by atoms with Gasteiger partial charge in [0.15, 0.2) is 0 Å². The molecule has 1 heterocycles. The normalized spacial score (nSPS) is 21.7. The smallest absolute Gasteiger partial charge is 0.244 e. The lowest BCUT2D eigenvalue weighted by Crippen LogP contribution is -2.38. The van der Waals surface area contributed by atoms with Gasteiger partial charge in [-0.2, -0.15) is 0 Å². The van der Waals surface area contributed by atoms with Crippen molar-refractivity contribution in [1.29, 1.82) is 0 Å². The Hall–Kier alpha value is -1.40. The number of hydrogen-bond acceptors (Lipinski definition) is 3. The van der Waals surface area contributed by atoms with Gasteiger partial charge in [0.25, 0.3) is 0 Å². The highest BCUT2D eigenvalue weighted by molar-refractivity contribution is 9.10. The molecule has 1 unspecified atom stereocenters. The molecule has 2 fully saturated rings. The van der Waals surface area contributed by atoms with E-state index >= 15 is 0 Å². The molecule has 2 N–H and O–H groups in total. The Labute approximate surface area is 144 Å². The van der Waals surface area contributed by atoms with Crippen molar-refractivity contribution in [2.75, 3.05) is 32.0 Å². The summed E-state index contributed by atoms with van der Waals surface area (Å²) >= 11 is 3.40. The van der Waals surface area contributed by atoms with Crippen molar-refractivity contribution in [3.05, 3.63) is 28.7 Å². The average Bonchev–Trinajstić information content (AvgIpc) is 3.22. The molecule has 1 aliphatic carbocycles. The first-order valence-electron chi connectivity index (χ1n) is 8.02. The van der Waals surface area contributed by atoms with E-state index in [2.05, 4.69) is 26.6 Å². The number of para-hydroxylation sites is 1. The summed E-state index contributed by atoms with van der Waals surface area (Å²) in [7, 11) is 1.72. The van der Waals surface area contributed by atoms with Gasteiger partial charge in [-0.05, 0) is 65.8 Å². The minimum atomic E-state index is -0.173. The number of carbonyl (C=O) groups is 2. The number of benzene rings is 1. The minimum Gasteiger partial charge on any atom is -0.336 e. The number of halogens is 1. The standard InChI is InChI=1S/C17H22BrN3O2/c1-21(11-15(22)20-14-5-3-2-4-13(14)18)16(23)12-10-17(12)6-8-19-9-7-17/h2-5,12,19H,6-11H2,1H3,(H,20,22). The van der Waals surface area contributed by atoms with Crippen molar-refractivity contribution in [2.45, 2.75) is 19.3 Å². The molecule has 6 heteroatoms. The third-order valence-electron chi connectivity index (χ3n) is 4.99. The van der Waals surface area contributed by atoms with Gasteiger partial charge in [0.1, 0.15) is 0 Å². The monoisotopic (exact) mass is 379 g/mol. The fraction of sp³-hybridized carbons (Fsp3) is 0.529. The molecule has 1 aliphatic heterocycles. The Morgan fingerprint density at radius 3 is 2.74 bits per heavy atom. The summed E-state index contributed by atoms with van der Waals surface area (Å²) in [5, 5.41) is 6.18. The second-order valence-corrected chi connectivity index (χ2v) is 7.45. The topological polar surface area (TPSA) is 61.4 Å². The molecule has 1 spiro atoms. The number of likely N-dealkylation sites (N-methyl/N-ethyl adjacent to an activating group) is 1. The molecule has 1 aromatic rings. The Balaban J connectivity index is 1.53. The van der Waals surface area contributed by atoms with Crippen molar-refractivity contribution in [2.24, 2.45) is 11.3 Å². The number of hydrogen-bond donors (Lipinski definition) is 2. The van der Waals surface area contributed by atoms with Gasteiger partial charge in [0.2, 0.25) is 11.8 Å². The summed E-state index contributed by atoms with van der Waals surface area (Å²) < 4.78 is 0.832. The maximum Gasteiger partial charge on any atom is 0.244 e. The van der Waals surface area contributed by atoms with Crippen LogP contribution in [0.15, 0.2) is 28.7 Å². The van der Waals surface area contributed by atoms with E-state index < -0.39 is 0 Å². The molecular formula is C17H22BrN3O2. The van der Waals surface area contributed by atoms with Gasteiger partial charge < -0.3 is 15.5 Å². The van der Waals surface area contributed by atoms with Gasteiger partial charge in [0.05, 0.1) is 12.2 Å². The first kappa shape index (κ1) is 16.5. The second-order valence-electron chi connectivity index (χ2n) is 6.59. The van der Waals surface area contributed by atoms with E-state index in [1.54, 1.807) is 11.9 Å². The quantitative estimate of drug-likeness (QED) is 0.842. The molecule has 5 nitrogen and oxygen atoms in total. The lowest BCUT2D eigenvalue weighted by Gasteiger charge is -2.25. The fourth-order valence-corrected chi connectivity index (χ4v) is 3.87. The molecule has 23 heavy (non-hydrogen) atoms. The van der Waals surface area contributed by atoms with Crippen LogP contribution in [0.2, 0.25) is 0 Å². The first-order valence-corrected chi connectivity index (χ1v) is 8.81. The highest BCUT2D eigenvalue weighted by Gasteiger charge is 2.58. The van der Waals surface area contributed by atoms with Crippen LogP contribution in [0.5, 0.6) is 0 Å². The van der Waals surface area contributed by atoms with Gasteiger partial charge >= 0.3 is 0 Å². The number of carbonyl (C=O) groups excluding carboxylic acids is 2. The Kier molecular flexibility index (Phi) is 4.73. The predicted molar refractivity (Wildman–Crippen MR) is 93.1 cm³/mol. The maximum atomic E-state index is 12.5. The second kappa shape index (κ2) is 6.61. The predicted octanol–water partition coefficient (Wildman–Crippen LogP) is 2.24. The van der Waals surface area contributed by atoms with Crippen molar-refractivity contribution >= 4 is 33.4 Å². The van der Waals surface area contributed by atoms with Gasteiger partial charge in [-0.15, -0.1) is 0 Å². The van der Waals surface area contributed by atoms with Crippen LogP contribution < -0.4 is 10.6 Å². The number of amides is 2. The van der Waals surface area contributed by atoms with Gasteiger partial charge in [-0.1, -0.05) is 12.1 Å². The van der Waals surface area contributed by atoms with Crippen LogP contribution in [0.4, 0.5) is 5.69 Å². The molecule has 2 amide bonds. The van der Waals surface area contributed by atoms with Crippen LogP contribution in [0.25, 0.3) is 0 Å². The van der Waals surface area contributed by atoms with Crippen LogP contribution in [0.1, 0.15) is 19.3 Å². The van der Waals surface area contributed by atoms with Crippen LogP contribution in [0, 0.1) is 11.3 Å². The summed E-state index contributed by atoms with van der Waals surface area (Å²) in [5.74, 6) is 0.0350. The SMILES string of the molecule is CN(CC(=O)Nc1ccccc1Br)C(=O)C1CC12CCNCC2. The van der Waals surface area contributed by atoms with E-state index in [1.165, 1.54) is 0 Å². The minimum absolute atomic E-state index is 0.0883. The molecule has 2 aliphatic rings. The number of piperidine rings is 1. The maximum absolute atomic E-state index is 12.5. The lowest BCUT2D eigenvalue weighted by atomic mass is 9.91. The average molecular weight is 380 g/mol. The molecule has 1 atom stereocenters. The zero-order valence-electron chi connectivity index (χ0n) is 13.3. The third-order valence-corrected chi connectivity index (χ3v) is 5.68. The fourth-order valence-electron chi connectivity index (χ4n) is 3.49. The molecular weight excluding hydrogens is 358 g/mol. The van der Waals surface area contributed by atoms with Gasteiger partial charge in [0, 0.05) is 17.4 Å². The molecule has 1 saturated carbocycles. The number of anilines is 1. The highest BCUT2D eigenvalue weighted by atomic mass is 79.9. The molecule has 0 radical (unpaired) electrons. The van der Waals surface area contributed by atoms with Crippen LogP contribution in [-0.4, -0.2) is 43.4 Å². The van der Waals surface area contributed by atoms with E-state index in [1.807, 2.05) is 24.3 Å². The summed E-state index contributed by atoms with van der Waals surface area (Å²) in [4.78, 5) is 26.3. The Bertz CT molecular complexity index is 614. The lowest BCUT2D eigenvalue weighted by molar-refractivity contribution is -0.135. The molecule has 0 bridgehead atoms. The Morgan fingerprint density at radius 1 is 1.35 bits per heavy atom. The van der Waals surface area contributed by atoms with E-state index in [0.29, 0.717) is 0 Å². The molecule has 0 aromatic heterocycles. The summed E-state index contributed by atoms with van der Waals surface area (Å²) in [6.07, 6.45) is 3.12. The number of rotatable bonds is 4. The summed E-state index contributed by atoms with van der Waals surface area (Å²) in [6, 6.07) is 7.45. The van der Waals surface area contributed by atoms with Crippen molar-refractivity contribution in [1.82, 2.24) is 10.2 Å². The van der Waals surface area contributed by atoms with Crippen LogP contribution >= 0.6 is 15.9 Å².